The zero-order valence-electron chi connectivity index (χ0n) is 10.5. The summed E-state index contributed by atoms with van der Waals surface area (Å²) in [5.41, 5.74) is 1.36. The van der Waals surface area contributed by atoms with Gasteiger partial charge in [0.25, 0.3) is 22.4 Å². The van der Waals surface area contributed by atoms with Gasteiger partial charge in [0, 0.05) is 6.07 Å². The lowest BCUT2D eigenvalue weighted by molar-refractivity contribution is -0.638. The number of fused-ring (bicyclic) bond motifs is 1. The highest BCUT2D eigenvalue weighted by molar-refractivity contribution is 9.09. The summed E-state index contributed by atoms with van der Waals surface area (Å²) < 4.78 is 6.92. The molecule has 0 N–H and O–H groups in total. The fourth-order valence-electron chi connectivity index (χ4n) is 1.87. The quantitative estimate of drug-likeness (QED) is 0.333. The van der Waals surface area contributed by atoms with Gasteiger partial charge in [-0.3, -0.25) is 0 Å². The van der Waals surface area contributed by atoms with E-state index in [2.05, 4.69) is 38.4 Å². The molecule has 0 radical (unpaired) electrons. The SMILES string of the molecule is C=CCOc1ccc2c(c1)[n+]([O-])c(CBr)c(CBr)[n+]2[O-]. The predicted molar refractivity (Wildman–Crippen MR) is 82.8 cm³/mol. The molecule has 106 valence electrons. The average molecular weight is 404 g/mol. The first-order valence-electron chi connectivity index (χ1n) is 5.80. The monoisotopic (exact) mass is 402 g/mol. The lowest BCUT2D eigenvalue weighted by Crippen LogP contribution is -2.45. The lowest BCUT2D eigenvalue weighted by Gasteiger charge is -2.11. The average Bonchev–Trinajstić information content (AvgIpc) is 2.48. The maximum absolute atomic E-state index is 12.4. The molecule has 2 aromatic rings. The van der Waals surface area contributed by atoms with Crippen LogP contribution in [-0.4, -0.2) is 6.61 Å². The number of benzene rings is 1. The minimum Gasteiger partial charge on any atom is -0.618 e. The van der Waals surface area contributed by atoms with E-state index in [4.69, 9.17) is 4.74 Å². The highest BCUT2D eigenvalue weighted by Gasteiger charge is 2.26. The number of rotatable bonds is 5. The van der Waals surface area contributed by atoms with Gasteiger partial charge in [0.1, 0.15) is 12.4 Å². The van der Waals surface area contributed by atoms with Crippen LogP contribution in [0.1, 0.15) is 11.4 Å². The van der Waals surface area contributed by atoms with Crippen LogP contribution < -0.4 is 14.2 Å². The fourth-order valence-corrected chi connectivity index (χ4v) is 2.97. The largest absolute Gasteiger partial charge is 0.618 e. The second-order valence-electron chi connectivity index (χ2n) is 4.00. The highest BCUT2D eigenvalue weighted by atomic mass is 79.9. The summed E-state index contributed by atoms with van der Waals surface area (Å²) in [4.78, 5) is 0. The first-order chi connectivity index (χ1) is 9.63. The molecule has 0 bridgehead atoms. The third-order valence-electron chi connectivity index (χ3n) is 2.83. The Morgan fingerprint density at radius 3 is 2.25 bits per heavy atom. The summed E-state index contributed by atoms with van der Waals surface area (Å²) in [6.45, 7) is 3.90. The molecule has 1 aromatic heterocycles. The number of hydrogen-bond acceptors (Lipinski definition) is 3. The molecule has 0 saturated carbocycles. The molecule has 5 nitrogen and oxygen atoms in total. The van der Waals surface area contributed by atoms with Crippen molar-refractivity contribution < 1.29 is 14.2 Å². The Balaban J connectivity index is 2.69. The Kier molecular flexibility index (Phi) is 4.82. The van der Waals surface area contributed by atoms with E-state index in [-0.39, 0.29) is 5.52 Å². The van der Waals surface area contributed by atoms with Gasteiger partial charge in [-0.2, -0.15) is 9.46 Å². The second kappa shape index (κ2) is 6.41. The van der Waals surface area contributed by atoms with Gasteiger partial charge in [-0.15, -0.1) is 0 Å². The van der Waals surface area contributed by atoms with Gasteiger partial charge in [-0.05, 0) is 6.07 Å². The van der Waals surface area contributed by atoms with Crippen molar-refractivity contribution in [2.45, 2.75) is 10.7 Å². The summed E-state index contributed by atoms with van der Waals surface area (Å²) in [5, 5.41) is 25.2. The molecule has 0 amide bonds. The van der Waals surface area contributed by atoms with Crippen LogP contribution in [-0.2, 0) is 10.7 Å². The third-order valence-corrected chi connectivity index (χ3v) is 3.89. The van der Waals surface area contributed by atoms with E-state index < -0.39 is 0 Å². The van der Waals surface area contributed by atoms with Crippen LogP contribution in [0.15, 0.2) is 30.9 Å². The Bertz CT molecular complexity index is 662. The zero-order valence-corrected chi connectivity index (χ0v) is 13.7. The van der Waals surface area contributed by atoms with Crippen molar-refractivity contribution in [1.82, 2.24) is 0 Å². The van der Waals surface area contributed by atoms with Gasteiger partial charge in [0.05, 0.1) is 16.7 Å². The molecule has 0 fully saturated rings. The van der Waals surface area contributed by atoms with Crippen molar-refractivity contribution in [1.29, 1.82) is 0 Å². The first kappa shape index (κ1) is 15.1. The Morgan fingerprint density at radius 2 is 1.70 bits per heavy atom. The number of nitrogens with zero attached hydrogens (tertiary/aromatic N) is 2. The highest BCUT2D eigenvalue weighted by Crippen LogP contribution is 2.19. The van der Waals surface area contributed by atoms with Crippen molar-refractivity contribution >= 4 is 42.9 Å². The van der Waals surface area contributed by atoms with E-state index in [9.17, 15) is 10.4 Å². The summed E-state index contributed by atoms with van der Waals surface area (Å²) >= 11 is 6.48. The summed E-state index contributed by atoms with van der Waals surface area (Å²) in [5.74, 6) is 0.522. The van der Waals surface area contributed by atoms with E-state index in [1.165, 1.54) is 0 Å². The van der Waals surface area contributed by atoms with Crippen LogP contribution in [0.5, 0.6) is 5.75 Å². The van der Waals surface area contributed by atoms with Crippen LogP contribution in [0.2, 0.25) is 0 Å². The molecule has 2 rings (SSSR count). The number of alkyl halides is 2. The molecule has 20 heavy (non-hydrogen) atoms. The van der Waals surface area contributed by atoms with E-state index in [1.807, 2.05) is 0 Å². The molecule has 0 unspecified atom stereocenters. The van der Waals surface area contributed by atoms with E-state index in [1.54, 1.807) is 24.3 Å². The molecule has 1 aromatic carbocycles. The van der Waals surface area contributed by atoms with Gasteiger partial charge in [0.15, 0.2) is 0 Å². The number of aromatic nitrogens is 2. The van der Waals surface area contributed by atoms with Gasteiger partial charge >= 0.3 is 0 Å². The van der Waals surface area contributed by atoms with Gasteiger partial charge in [0.2, 0.25) is 0 Å². The molecule has 0 aliphatic carbocycles. The molecular formula is C13H12Br2N2O3. The van der Waals surface area contributed by atoms with Gasteiger partial charge in [-0.25, -0.2) is 0 Å². The molecule has 7 heteroatoms. The number of ether oxygens (including phenoxy) is 1. The summed E-state index contributed by atoms with van der Waals surface area (Å²) in [6, 6.07) is 4.80. The lowest BCUT2D eigenvalue weighted by atomic mass is 10.2. The predicted octanol–water partition coefficient (Wildman–Crippen LogP) is 2.46. The minimum atomic E-state index is 0.278. The summed E-state index contributed by atoms with van der Waals surface area (Å²) in [6.07, 6.45) is 1.61. The standard InChI is InChI=1S/C13H12Br2N2O3/c1-2-5-20-9-3-4-10-11(6-9)17(19)13(8-15)12(7-14)16(10)18/h2-4,6H,1,5,7-8H2. The van der Waals surface area contributed by atoms with Crippen molar-refractivity contribution in [3.63, 3.8) is 0 Å². The van der Waals surface area contributed by atoms with Crippen LogP contribution in [0, 0.1) is 10.4 Å². The van der Waals surface area contributed by atoms with E-state index in [0.29, 0.717) is 39.9 Å². The maximum atomic E-state index is 12.4. The van der Waals surface area contributed by atoms with Crippen LogP contribution in [0.4, 0.5) is 0 Å². The fraction of sp³-hybridized carbons (Fsp3) is 0.231. The number of hydrogen-bond donors (Lipinski definition) is 0. The molecule has 0 aliphatic rings. The van der Waals surface area contributed by atoms with Crippen molar-refractivity contribution in [2.24, 2.45) is 0 Å². The van der Waals surface area contributed by atoms with Crippen molar-refractivity contribution in [2.75, 3.05) is 6.61 Å². The van der Waals surface area contributed by atoms with Gasteiger partial charge < -0.3 is 15.2 Å². The van der Waals surface area contributed by atoms with Gasteiger partial charge in [-0.1, -0.05) is 44.5 Å². The smallest absolute Gasteiger partial charge is 0.294 e. The topological polar surface area (TPSA) is 63.1 Å². The minimum absolute atomic E-state index is 0.278. The molecule has 0 saturated heterocycles. The van der Waals surface area contributed by atoms with E-state index in [0.717, 1.165) is 9.46 Å². The molecule has 0 spiro atoms. The second-order valence-corrected chi connectivity index (χ2v) is 5.12. The van der Waals surface area contributed by atoms with Crippen molar-refractivity contribution in [3.05, 3.63) is 52.7 Å². The zero-order chi connectivity index (χ0) is 14.7. The number of halogens is 2. The first-order valence-corrected chi connectivity index (χ1v) is 8.04. The molecule has 0 aliphatic heterocycles. The van der Waals surface area contributed by atoms with Crippen LogP contribution >= 0.6 is 31.9 Å². The van der Waals surface area contributed by atoms with Crippen LogP contribution in [0.25, 0.3) is 11.0 Å². The van der Waals surface area contributed by atoms with Crippen LogP contribution in [0.3, 0.4) is 0 Å². The Morgan fingerprint density at radius 1 is 1.10 bits per heavy atom. The Hall–Kier alpha value is -1.34. The third kappa shape index (κ3) is 2.60. The summed E-state index contributed by atoms with van der Waals surface area (Å²) in [7, 11) is 0. The normalized spacial score (nSPS) is 10.7. The maximum Gasteiger partial charge on any atom is 0.294 e. The molecule has 0 atom stereocenters. The van der Waals surface area contributed by atoms with E-state index >= 15 is 0 Å². The molecular weight excluding hydrogens is 392 g/mol. The Labute approximate surface area is 132 Å². The van der Waals surface area contributed by atoms with Crippen molar-refractivity contribution in [3.8, 4) is 5.75 Å². The molecule has 1 heterocycles.